The summed E-state index contributed by atoms with van der Waals surface area (Å²) in [5.41, 5.74) is 4.58. The molecule has 0 aliphatic heterocycles. The molecule has 0 radical (unpaired) electrons. The summed E-state index contributed by atoms with van der Waals surface area (Å²) < 4.78 is 18.7. The SMILES string of the molecule is Cc1cc(OCC(=O)N(C)C)cc(Cl)c1Cc1ccc(O)c(Cc2ccc(F)cc2)c1. The third-order valence-electron chi connectivity index (χ3n) is 5.09. The third kappa shape index (κ3) is 5.98. The highest BCUT2D eigenvalue weighted by atomic mass is 35.5. The van der Waals surface area contributed by atoms with Gasteiger partial charge in [0.25, 0.3) is 5.91 Å². The van der Waals surface area contributed by atoms with Crippen molar-refractivity contribution in [3.05, 3.63) is 93.3 Å². The number of likely N-dealkylation sites (N-methyl/N-ethyl adjacent to an activating group) is 1. The maximum Gasteiger partial charge on any atom is 0.259 e. The molecule has 6 heteroatoms. The molecule has 0 unspecified atom stereocenters. The van der Waals surface area contributed by atoms with Gasteiger partial charge in [-0.1, -0.05) is 35.9 Å². The first-order valence-corrected chi connectivity index (χ1v) is 10.3. The molecule has 0 heterocycles. The summed E-state index contributed by atoms with van der Waals surface area (Å²) in [5, 5.41) is 10.8. The molecular weight excluding hydrogens is 417 g/mol. The first kappa shape index (κ1) is 22.6. The van der Waals surface area contributed by atoms with E-state index in [9.17, 15) is 14.3 Å². The molecule has 162 valence electrons. The van der Waals surface area contributed by atoms with Gasteiger partial charge in [0.1, 0.15) is 17.3 Å². The monoisotopic (exact) mass is 441 g/mol. The number of carbonyl (C=O) groups is 1. The zero-order valence-electron chi connectivity index (χ0n) is 17.8. The largest absolute Gasteiger partial charge is 0.508 e. The number of aromatic hydroxyl groups is 1. The lowest BCUT2D eigenvalue weighted by Crippen LogP contribution is -2.27. The molecule has 0 saturated heterocycles. The van der Waals surface area contributed by atoms with E-state index in [-0.39, 0.29) is 24.1 Å². The van der Waals surface area contributed by atoms with Crippen LogP contribution in [0.4, 0.5) is 4.39 Å². The maximum atomic E-state index is 13.1. The number of nitrogens with zero attached hydrogens (tertiary/aromatic N) is 1. The van der Waals surface area contributed by atoms with Crippen LogP contribution in [-0.4, -0.2) is 36.6 Å². The van der Waals surface area contributed by atoms with Crippen molar-refractivity contribution in [3.63, 3.8) is 0 Å². The van der Waals surface area contributed by atoms with Crippen LogP contribution in [0.15, 0.2) is 54.6 Å². The van der Waals surface area contributed by atoms with E-state index in [2.05, 4.69) is 0 Å². The van der Waals surface area contributed by atoms with Gasteiger partial charge in [0.15, 0.2) is 6.61 Å². The first-order chi connectivity index (χ1) is 14.7. The summed E-state index contributed by atoms with van der Waals surface area (Å²) >= 11 is 6.52. The molecule has 0 aliphatic rings. The number of aryl methyl sites for hydroxylation is 1. The lowest BCUT2D eigenvalue weighted by molar-refractivity contribution is -0.130. The number of phenolic OH excluding ortho intramolecular Hbond substituents is 1. The zero-order chi connectivity index (χ0) is 22.5. The summed E-state index contributed by atoms with van der Waals surface area (Å²) in [5.74, 6) is 0.329. The smallest absolute Gasteiger partial charge is 0.259 e. The van der Waals surface area contributed by atoms with E-state index in [1.165, 1.54) is 17.0 Å². The summed E-state index contributed by atoms with van der Waals surface area (Å²) in [4.78, 5) is 13.2. The Labute approximate surface area is 186 Å². The van der Waals surface area contributed by atoms with Gasteiger partial charge in [-0.2, -0.15) is 0 Å². The van der Waals surface area contributed by atoms with E-state index in [4.69, 9.17) is 16.3 Å². The van der Waals surface area contributed by atoms with E-state index in [1.54, 1.807) is 38.4 Å². The number of hydrogen-bond donors (Lipinski definition) is 1. The minimum Gasteiger partial charge on any atom is -0.508 e. The quantitative estimate of drug-likeness (QED) is 0.552. The molecule has 1 amide bonds. The van der Waals surface area contributed by atoms with Gasteiger partial charge < -0.3 is 14.7 Å². The molecule has 0 fully saturated rings. The van der Waals surface area contributed by atoms with E-state index in [0.29, 0.717) is 23.6 Å². The van der Waals surface area contributed by atoms with E-state index < -0.39 is 0 Å². The van der Waals surface area contributed by atoms with Crippen LogP contribution in [0.25, 0.3) is 0 Å². The van der Waals surface area contributed by atoms with Crippen molar-refractivity contribution >= 4 is 17.5 Å². The van der Waals surface area contributed by atoms with Crippen molar-refractivity contribution in [1.29, 1.82) is 0 Å². The number of benzene rings is 3. The lowest BCUT2D eigenvalue weighted by Gasteiger charge is -2.15. The summed E-state index contributed by atoms with van der Waals surface area (Å²) in [6.45, 7) is 1.90. The molecule has 0 aliphatic carbocycles. The van der Waals surface area contributed by atoms with Crippen molar-refractivity contribution in [2.75, 3.05) is 20.7 Å². The average molecular weight is 442 g/mol. The minimum atomic E-state index is -0.287. The topological polar surface area (TPSA) is 49.8 Å². The number of hydrogen-bond acceptors (Lipinski definition) is 3. The number of halogens is 2. The summed E-state index contributed by atoms with van der Waals surface area (Å²) in [7, 11) is 3.35. The van der Waals surface area contributed by atoms with Gasteiger partial charge in [-0.05, 0) is 71.5 Å². The van der Waals surface area contributed by atoms with Crippen LogP contribution in [0.3, 0.4) is 0 Å². The fourth-order valence-electron chi connectivity index (χ4n) is 3.24. The number of amides is 1. The first-order valence-electron chi connectivity index (χ1n) is 9.90. The lowest BCUT2D eigenvalue weighted by atomic mass is 9.96. The fraction of sp³-hybridized carbons (Fsp3) is 0.240. The molecule has 4 nitrogen and oxygen atoms in total. The van der Waals surface area contributed by atoms with E-state index in [1.807, 2.05) is 25.1 Å². The van der Waals surface area contributed by atoms with Crippen LogP contribution in [-0.2, 0) is 17.6 Å². The van der Waals surface area contributed by atoms with Crippen LogP contribution in [0.1, 0.15) is 27.8 Å². The Morgan fingerprint density at radius 3 is 2.35 bits per heavy atom. The van der Waals surface area contributed by atoms with Crippen LogP contribution in [0.5, 0.6) is 11.5 Å². The second-order valence-corrected chi connectivity index (χ2v) is 8.13. The van der Waals surface area contributed by atoms with Gasteiger partial charge in [-0.15, -0.1) is 0 Å². The number of carbonyl (C=O) groups excluding carboxylic acids is 1. The predicted molar refractivity (Wildman–Crippen MR) is 120 cm³/mol. The molecule has 1 N–H and O–H groups in total. The van der Waals surface area contributed by atoms with Crippen molar-refractivity contribution in [2.45, 2.75) is 19.8 Å². The fourth-order valence-corrected chi connectivity index (χ4v) is 3.56. The molecule has 0 spiro atoms. The normalized spacial score (nSPS) is 10.7. The number of ether oxygens (including phenoxy) is 1. The Morgan fingerprint density at radius 1 is 1.03 bits per heavy atom. The van der Waals surface area contributed by atoms with Gasteiger partial charge in [0.2, 0.25) is 0 Å². The highest BCUT2D eigenvalue weighted by Crippen LogP contribution is 2.30. The highest BCUT2D eigenvalue weighted by Gasteiger charge is 2.12. The molecule has 31 heavy (non-hydrogen) atoms. The van der Waals surface area contributed by atoms with Gasteiger partial charge >= 0.3 is 0 Å². The Kier molecular flexibility index (Phi) is 7.18. The van der Waals surface area contributed by atoms with Crippen LogP contribution in [0.2, 0.25) is 5.02 Å². The number of phenols is 1. The minimum absolute atomic E-state index is 0.0488. The Hall–Kier alpha value is -3.05. The summed E-state index contributed by atoms with van der Waals surface area (Å²) in [6.07, 6.45) is 1.08. The molecule has 3 aromatic carbocycles. The van der Waals surface area contributed by atoms with Crippen LogP contribution >= 0.6 is 11.6 Å². The van der Waals surface area contributed by atoms with Crippen molar-refractivity contribution in [3.8, 4) is 11.5 Å². The molecular formula is C25H25ClFNO3. The van der Waals surface area contributed by atoms with Gasteiger partial charge in [0.05, 0.1) is 0 Å². The molecule has 0 bridgehead atoms. The van der Waals surface area contributed by atoms with Crippen molar-refractivity contribution in [1.82, 2.24) is 4.90 Å². The second kappa shape index (κ2) is 9.84. The highest BCUT2D eigenvalue weighted by molar-refractivity contribution is 6.31. The van der Waals surface area contributed by atoms with Gasteiger partial charge in [-0.25, -0.2) is 4.39 Å². The molecule has 3 rings (SSSR count). The molecule has 0 aromatic heterocycles. The predicted octanol–water partition coefficient (Wildman–Crippen LogP) is 5.14. The average Bonchev–Trinajstić information content (AvgIpc) is 2.72. The third-order valence-corrected chi connectivity index (χ3v) is 5.42. The van der Waals surface area contributed by atoms with Crippen molar-refractivity contribution in [2.24, 2.45) is 0 Å². The Bertz CT molecular complexity index is 1060. The maximum absolute atomic E-state index is 13.1. The van der Waals surface area contributed by atoms with Gasteiger partial charge in [0, 0.05) is 25.5 Å². The summed E-state index contributed by atoms with van der Waals surface area (Å²) in [6, 6.07) is 15.3. The molecule has 0 atom stereocenters. The van der Waals surface area contributed by atoms with Crippen LogP contribution in [0, 0.1) is 12.7 Å². The van der Waals surface area contributed by atoms with Crippen molar-refractivity contribution < 1.29 is 19.0 Å². The van der Waals surface area contributed by atoms with E-state index >= 15 is 0 Å². The number of rotatable bonds is 7. The zero-order valence-corrected chi connectivity index (χ0v) is 18.5. The second-order valence-electron chi connectivity index (χ2n) is 7.72. The standard InChI is InChI=1S/C25H25ClFNO3/c1-16-10-21(31-15-25(30)28(2)3)14-23(26)22(16)13-18-6-9-24(29)19(12-18)11-17-4-7-20(27)8-5-17/h4-10,12,14,29H,11,13,15H2,1-3H3. The molecule has 0 saturated carbocycles. The van der Waals surface area contributed by atoms with Gasteiger partial charge in [-0.3, -0.25) is 4.79 Å². The Balaban J connectivity index is 1.77. The Morgan fingerprint density at radius 2 is 1.71 bits per heavy atom. The van der Waals surface area contributed by atoms with Crippen LogP contribution < -0.4 is 4.74 Å². The molecule has 3 aromatic rings. The van der Waals surface area contributed by atoms with E-state index in [0.717, 1.165) is 27.8 Å².